The van der Waals surface area contributed by atoms with E-state index in [2.05, 4.69) is 6.58 Å². The first-order valence-corrected chi connectivity index (χ1v) is 6.58. The SMILES string of the molecule is C=CCS(=O)(=O)NC(=O)Cc1cccc(F)c1F. The average molecular weight is 275 g/mol. The van der Waals surface area contributed by atoms with Gasteiger partial charge < -0.3 is 0 Å². The van der Waals surface area contributed by atoms with Crippen LogP contribution >= 0.6 is 0 Å². The molecule has 0 unspecified atom stereocenters. The Kier molecular flexibility index (Phi) is 4.55. The molecule has 0 heterocycles. The number of carbonyl (C=O) groups excluding carboxylic acids is 1. The van der Waals surface area contributed by atoms with E-state index in [1.807, 2.05) is 0 Å². The molecule has 0 bridgehead atoms. The first-order chi connectivity index (χ1) is 8.35. The number of amides is 1. The summed E-state index contributed by atoms with van der Waals surface area (Å²) in [5.41, 5.74) is -0.207. The molecule has 98 valence electrons. The minimum atomic E-state index is -3.81. The lowest BCUT2D eigenvalue weighted by molar-refractivity contribution is -0.118. The largest absolute Gasteiger partial charge is 0.274 e. The third-order valence-corrected chi connectivity index (χ3v) is 3.20. The Balaban J connectivity index is 2.77. The van der Waals surface area contributed by atoms with Gasteiger partial charge in [0.1, 0.15) is 0 Å². The van der Waals surface area contributed by atoms with E-state index in [-0.39, 0.29) is 5.56 Å². The minimum absolute atomic E-state index is 0.207. The second kappa shape index (κ2) is 5.72. The summed E-state index contributed by atoms with van der Waals surface area (Å²) < 4.78 is 50.2. The molecular weight excluding hydrogens is 264 g/mol. The zero-order chi connectivity index (χ0) is 13.8. The fourth-order valence-corrected chi connectivity index (χ4v) is 2.08. The van der Waals surface area contributed by atoms with Gasteiger partial charge >= 0.3 is 0 Å². The lowest BCUT2D eigenvalue weighted by atomic mass is 10.1. The van der Waals surface area contributed by atoms with E-state index in [1.165, 1.54) is 12.1 Å². The first-order valence-electron chi connectivity index (χ1n) is 4.93. The van der Waals surface area contributed by atoms with Crippen LogP contribution in [0.2, 0.25) is 0 Å². The quantitative estimate of drug-likeness (QED) is 0.820. The molecule has 18 heavy (non-hydrogen) atoms. The van der Waals surface area contributed by atoms with Crippen LogP contribution < -0.4 is 4.72 Å². The highest BCUT2D eigenvalue weighted by Crippen LogP contribution is 2.11. The van der Waals surface area contributed by atoms with E-state index in [4.69, 9.17) is 0 Å². The minimum Gasteiger partial charge on any atom is -0.274 e. The Morgan fingerprint density at radius 3 is 2.67 bits per heavy atom. The standard InChI is InChI=1S/C11H11F2NO3S/c1-2-6-18(16,17)14-10(15)7-8-4-3-5-9(12)11(8)13/h2-5H,1,6-7H2,(H,14,15). The van der Waals surface area contributed by atoms with E-state index < -0.39 is 39.7 Å². The van der Waals surface area contributed by atoms with Gasteiger partial charge in [-0.15, -0.1) is 6.58 Å². The molecule has 1 aromatic rings. The van der Waals surface area contributed by atoms with E-state index in [1.54, 1.807) is 4.72 Å². The van der Waals surface area contributed by atoms with Gasteiger partial charge in [-0.1, -0.05) is 18.2 Å². The van der Waals surface area contributed by atoms with Crippen LogP contribution in [0.1, 0.15) is 5.56 Å². The van der Waals surface area contributed by atoms with Crippen LogP contribution in [0, 0.1) is 11.6 Å². The van der Waals surface area contributed by atoms with Gasteiger partial charge in [-0.2, -0.15) is 0 Å². The summed E-state index contributed by atoms with van der Waals surface area (Å²) in [6.07, 6.45) is 0.554. The molecular formula is C11H11F2NO3S. The number of benzene rings is 1. The van der Waals surface area contributed by atoms with Gasteiger partial charge in [0.25, 0.3) is 0 Å². The summed E-state index contributed by atoms with van der Waals surface area (Å²) in [6.45, 7) is 3.22. The van der Waals surface area contributed by atoms with Gasteiger partial charge in [-0.25, -0.2) is 17.2 Å². The lowest BCUT2D eigenvalue weighted by Crippen LogP contribution is -2.33. The number of rotatable bonds is 5. The lowest BCUT2D eigenvalue weighted by Gasteiger charge is -2.06. The van der Waals surface area contributed by atoms with Crippen LogP contribution in [0.25, 0.3) is 0 Å². The second-order valence-corrected chi connectivity index (χ2v) is 5.25. The summed E-state index contributed by atoms with van der Waals surface area (Å²) in [5.74, 6) is -3.60. The zero-order valence-corrected chi connectivity index (χ0v) is 10.1. The van der Waals surface area contributed by atoms with Crippen molar-refractivity contribution in [3.8, 4) is 0 Å². The summed E-state index contributed by atoms with van der Waals surface area (Å²) in [4.78, 5) is 11.4. The van der Waals surface area contributed by atoms with Crippen LogP contribution in [-0.2, 0) is 21.2 Å². The summed E-state index contributed by atoms with van der Waals surface area (Å²) in [6, 6.07) is 3.35. The number of carbonyl (C=O) groups is 1. The normalized spacial score (nSPS) is 11.0. The van der Waals surface area contributed by atoms with E-state index in [9.17, 15) is 22.0 Å². The molecule has 7 heteroatoms. The average Bonchev–Trinajstić information content (AvgIpc) is 2.23. The fourth-order valence-electron chi connectivity index (χ4n) is 1.26. The van der Waals surface area contributed by atoms with Crippen molar-refractivity contribution in [3.63, 3.8) is 0 Å². The highest BCUT2D eigenvalue weighted by Gasteiger charge is 2.16. The molecule has 0 aliphatic heterocycles. The van der Waals surface area contributed by atoms with Crippen molar-refractivity contribution in [2.45, 2.75) is 6.42 Å². The van der Waals surface area contributed by atoms with Crippen molar-refractivity contribution in [1.82, 2.24) is 4.72 Å². The molecule has 4 nitrogen and oxygen atoms in total. The molecule has 0 atom stereocenters. The van der Waals surface area contributed by atoms with Gasteiger partial charge in [-0.05, 0) is 6.07 Å². The molecule has 1 rings (SSSR count). The van der Waals surface area contributed by atoms with Gasteiger partial charge in [0.2, 0.25) is 15.9 Å². The van der Waals surface area contributed by atoms with Gasteiger partial charge in [0.15, 0.2) is 11.6 Å². The molecule has 0 saturated carbocycles. The van der Waals surface area contributed by atoms with Gasteiger partial charge in [0, 0.05) is 5.56 Å². The Bertz CT molecular complexity index is 570. The van der Waals surface area contributed by atoms with Crippen molar-refractivity contribution < 1.29 is 22.0 Å². The van der Waals surface area contributed by atoms with Crippen molar-refractivity contribution in [1.29, 1.82) is 0 Å². The maximum absolute atomic E-state index is 13.2. The monoisotopic (exact) mass is 275 g/mol. The molecule has 0 aliphatic carbocycles. The van der Waals surface area contributed by atoms with Gasteiger partial charge in [0.05, 0.1) is 12.2 Å². The van der Waals surface area contributed by atoms with Crippen LogP contribution in [0.4, 0.5) is 8.78 Å². The maximum Gasteiger partial charge on any atom is 0.238 e. The number of hydrogen-bond acceptors (Lipinski definition) is 3. The third kappa shape index (κ3) is 3.92. The Labute approximate surface area is 103 Å². The molecule has 0 aromatic heterocycles. The van der Waals surface area contributed by atoms with Crippen molar-refractivity contribution in [2.75, 3.05) is 5.75 Å². The Morgan fingerprint density at radius 2 is 2.06 bits per heavy atom. The first kappa shape index (κ1) is 14.3. The molecule has 0 radical (unpaired) electrons. The van der Waals surface area contributed by atoms with Crippen LogP contribution in [0.5, 0.6) is 0 Å². The zero-order valence-electron chi connectivity index (χ0n) is 9.32. The molecule has 1 N–H and O–H groups in total. The van der Waals surface area contributed by atoms with Crippen molar-refractivity contribution in [2.24, 2.45) is 0 Å². The molecule has 0 aliphatic rings. The molecule has 1 amide bonds. The Hall–Kier alpha value is -1.76. The van der Waals surface area contributed by atoms with Crippen molar-refractivity contribution >= 4 is 15.9 Å². The van der Waals surface area contributed by atoms with Crippen LogP contribution in [-0.4, -0.2) is 20.1 Å². The second-order valence-electron chi connectivity index (χ2n) is 3.49. The molecule has 0 fully saturated rings. The number of nitrogens with one attached hydrogen (secondary N) is 1. The smallest absolute Gasteiger partial charge is 0.238 e. The predicted octanol–water partition coefficient (Wildman–Crippen LogP) is 1.14. The topological polar surface area (TPSA) is 63.2 Å². The van der Waals surface area contributed by atoms with E-state index in [0.29, 0.717) is 0 Å². The third-order valence-electron chi connectivity index (χ3n) is 1.99. The van der Waals surface area contributed by atoms with E-state index in [0.717, 1.165) is 12.1 Å². The fraction of sp³-hybridized carbons (Fsp3) is 0.182. The van der Waals surface area contributed by atoms with E-state index >= 15 is 0 Å². The highest BCUT2D eigenvalue weighted by atomic mass is 32.2. The molecule has 0 spiro atoms. The number of halogens is 2. The summed E-state index contributed by atoms with van der Waals surface area (Å²) >= 11 is 0. The predicted molar refractivity (Wildman–Crippen MR) is 62.2 cm³/mol. The van der Waals surface area contributed by atoms with Crippen LogP contribution in [0.3, 0.4) is 0 Å². The molecule has 1 aromatic carbocycles. The summed E-state index contributed by atoms with van der Waals surface area (Å²) in [7, 11) is -3.81. The Morgan fingerprint density at radius 1 is 1.39 bits per heavy atom. The van der Waals surface area contributed by atoms with Crippen molar-refractivity contribution in [3.05, 3.63) is 48.1 Å². The van der Waals surface area contributed by atoms with Crippen LogP contribution in [0.15, 0.2) is 30.9 Å². The van der Waals surface area contributed by atoms with Gasteiger partial charge in [-0.3, -0.25) is 9.52 Å². The maximum atomic E-state index is 13.2. The summed E-state index contributed by atoms with van der Waals surface area (Å²) in [5, 5.41) is 0. The number of hydrogen-bond donors (Lipinski definition) is 1. The number of sulfonamides is 1. The highest BCUT2D eigenvalue weighted by molar-refractivity contribution is 7.90. The molecule has 0 saturated heterocycles.